The zero-order valence-electron chi connectivity index (χ0n) is 16.8. The van der Waals surface area contributed by atoms with Gasteiger partial charge < -0.3 is 5.32 Å². The Morgan fingerprint density at radius 1 is 1.10 bits per heavy atom. The maximum Gasteiger partial charge on any atom is 0.266 e. The zero-order valence-corrected chi connectivity index (χ0v) is 18.4. The monoisotopic (exact) mass is 438 g/mol. The molecule has 0 spiro atoms. The van der Waals surface area contributed by atoms with Crippen LogP contribution in [0.1, 0.15) is 41.3 Å². The molecule has 3 rings (SSSR count). The summed E-state index contributed by atoms with van der Waals surface area (Å²) < 4.78 is 0.513. The lowest BCUT2D eigenvalue weighted by Gasteiger charge is -2.14. The van der Waals surface area contributed by atoms with Crippen molar-refractivity contribution in [3.63, 3.8) is 0 Å². The lowest BCUT2D eigenvalue weighted by atomic mass is 10.1. The van der Waals surface area contributed by atoms with Crippen LogP contribution < -0.4 is 5.32 Å². The molecule has 7 heteroatoms. The predicted molar refractivity (Wildman–Crippen MR) is 125 cm³/mol. The second-order valence-corrected chi connectivity index (χ2v) is 8.71. The van der Waals surface area contributed by atoms with Gasteiger partial charge >= 0.3 is 0 Å². The standard InChI is InChI=1S/C23H22N2O3S2/c1-15-5-7-17(8-6-15)14-20-22(28)25(23(29)30-20)13-3-4-21(27)24-19-11-9-18(10-12-19)16(2)26/h5-12,14H,3-4,13H2,1-2H3,(H,24,27)/b20-14-. The summed E-state index contributed by atoms with van der Waals surface area (Å²) in [6.07, 6.45) is 2.61. The molecule has 1 aliphatic heterocycles. The number of aryl methyl sites for hydroxylation is 1. The van der Waals surface area contributed by atoms with E-state index in [1.165, 1.54) is 18.7 Å². The number of hydrogen-bond acceptors (Lipinski definition) is 5. The van der Waals surface area contributed by atoms with Crippen LogP contribution in [0.2, 0.25) is 0 Å². The SMILES string of the molecule is CC(=O)c1ccc(NC(=O)CCCN2C(=O)/C(=C/c3ccc(C)cc3)SC2=S)cc1. The molecule has 0 unspecified atom stereocenters. The third-order valence-corrected chi connectivity index (χ3v) is 5.99. The molecule has 1 fully saturated rings. The topological polar surface area (TPSA) is 66.5 Å². The number of hydrogen-bond donors (Lipinski definition) is 1. The van der Waals surface area contributed by atoms with Gasteiger partial charge in [-0.2, -0.15) is 0 Å². The molecule has 2 aromatic carbocycles. The van der Waals surface area contributed by atoms with Crippen LogP contribution in [-0.4, -0.2) is 33.4 Å². The average Bonchev–Trinajstić information content (AvgIpc) is 2.97. The van der Waals surface area contributed by atoms with Gasteiger partial charge in [-0.25, -0.2) is 0 Å². The van der Waals surface area contributed by atoms with Crippen LogP contribution in [0.15, 0.2) is 53.4 Å². The molecule has 0 radical (unpaired) electrons. The largest absolute Gasteiger partial charge is 0.326 e. The fourth-order valence-electron chi connectivity index (χ4n) is 2.92. The Balaban J connectivity index is 1.51. The summed E-state index contributed by atoms with van der Waals surface area (Å²) in [4.78, 5) is 38.3. The summed E-state index contributed by atoms with van der Waals surface area (Å²) in [6.45, 7) is 3.91. The highest BCUT2D eigenvalue weighted by atomic mass is 32.2. The van der Waals surface area contributed by atoms with Gasteiger partial charge in [0, 0.05) is 24.2 Å². The molecule has 1 heterocycles. The number of thioether (sulfide) groups is 1. The van der Waals surface area contributed by atoms with Gasteiger partial charge in [0.15, 0.2) is 5.78 Å². The minimum Gasteiger partial charge on any atom is -0.326 e. The van der Waals surface area contributed by atoms with E-state index in [1.807, 2.05) is 37.3 Å². The van der Waals surface area contributed by atoms with Crippen molar-refractivity contribution in [1.29, 1.82) is 0 Å². The molecule has 1 saturated heterocycles. The normalized spacial score (nSPS) is 15.0. The molecule has 1 aliphatic rings. The number of nitrogens with one attached hydrogen (secondary N) is 1. The van der Waals surface area contributed by atoms with Crippen LogP contribution in [0.5, 0.6) is 0 Å². The van der Waals surface area contributed by atoms with Crippen molar-refractivity contribution in [3.05, 3.63) is 70.1 Å². The first kappa shape index (κ1) is 21.9. The number of Topliss-reactive ketones (excluding diaryl/α,β-unsaturated/α-hetero) is 1. The maximum atomic E-state index is 12.7. The molecule has 154 valence electrons. The highest BCUT2D eigenvalue weighted by molar-refractivity contribution is 8.26. The zero-order chi connectivity index (χ0) is 21.7. The molecule has 2 amide bonds. The quantitative estimate of drug-likeness (QED) is 0.381. The molecule has 0 atom stereocenters. The first-order valence-corrected chi connectivity index (χ1v) is 10.8. The Morgan fingerprint density at radius 3 is 2.40 bits per heavy atom. The highest BCUT2D eigenvalue weighted by Crippen LogP contribution is 2.32. The number of nitrogens with zero attached hydrogens (tertiary/aromatic N) is 1. The second-order valence-electron chi connectivity index (χ2n) is 7.03. The Morgan fingerprint density at radius 2 is 1.77 bits per heavy atom. The van der Waals surface area contributed by atoms with E-state index in [4.69, 9.17) is 12.2 Å². The number of carbonyl (C=O) groups excluding carboxylic acids is 3. The molecule has 0 bridgehead atoms. The van der Waals surface area contributed by atoms with Crippen LogP contribution in [0.25, 0.3) is 6.08 Å². The predicted octanol–water partition coefficient (Wildman–Crippen LogP) is 4.82. The van der Waals surface area contributed by atoms with E-state index in [2.05, 4.69) is 5.32 Å². The molecule has 0 saturated carbocycles. The van der Waals surface area contributed by atoms with E-state index in [9.17, 15) is 14.4 Å². The van der Waals surface area contributed by atoms with Crippen molar-refractivity contribution >= 4 is 57.7 Å². The number of benzene rings is 2. The van der Waals surface area contributed by atoms with Crippen molar-refractivity contribution in [1.82, 2.24) is 4.90 Å². The first-order valence-electron chi connectivity index (χ1n) is 9.56. The second kappa shape index (κ2) is 9.82. The first-order chi connectivity index (χ1) is 14.3. The Hall–Kier alpha value is -2.77. The van der Waals surface area contributed by atoms with E-state index >= 15 is 0 Å². The lowest BCUT2D eigenvalue weighted by molar-refractivity contribution is -0.122. The molecule has 0 aromatic heterocycles. The number of anilines is 1. The number of ketones is 1. The maximum absolute atomic E-state index is 12.7. The summed E-state index contributed by atoms with van der Waals surface area (Å²) >= 11 is 6.63. The molecular weight excluding hydrogens is 416 g/mol. The van der Waals surface area contributed by atoms with Crippen LogP contribution in [0.4, 0.5) is 5.69 Å². The smallest absolute Gasteiger partial charge is 0.266 e. The highest BCUT2D eigenvalue weighted by Gasteiger charge is 2.31. The van der Waals surface area contributed by atoms with E-state index in [0.29, 0.717) is 33.4 Å². The van der Waals surface area contributed by atoms with Crippen molar-refractivity contribution < 1.29 is 14.4 Å². The molecular formula is C23H22N2O3S2. The summed E-state index contributed by atoms with van der Waals surface area (Å²) in [5.74, 6) is -0.287. The Kier molecular flexibility index (Phi) is 7.18. The number of thiocarbonyl (C=S) groups is 1. The van der Waals surface area contributed by atoms with Crippen LogP contribution in [0, 0.1) is 6.92 Å². The van der Waals surface area contributed by atoms with E-state index in [-0.39, 0.29) is 24.0 Å². The van der Waals surface area contributed by atoms with Gasteiger partial charge in [-0.1, -0.05) is 53.8 Å². The van der Waals surface area contributed by atoms with Crippen LogP contribution >= 0.6 is 24.0 Å². The minimum absolute atomic E-state index is 0.0206. The van der Waals surface area contributed by atoms with Gasteiger partial charge in [0.25, 0.3) is 5.91 Å². The number of carbonyl (C=O) groups is 3. The van der Waals surface area contributed by atoms with E-state index in [0.717, 1.165) is 11.1 Å². The summed E-state index contributed by atoms with van der Waals surface area (Å²) in [5, 5.41) is 2.80. The van der Waals surface area contributed by atoms with Crippen molar-refractivity contribution in [2.45, 2.75) is 26.7 Å². The third kappa shape index (κ3) is 5.64. The third-order valence-electron chi connectivity index (χ3n) is 4.61. The molecule has 5 nitrogen and oxygen atoms in total. The van der Waals surface area contributed by atoms with Crippen molar-refractivity contribution in [2.75, 3.05) is 11.9 Å². The summed E-state index contributed by atoms with van der Waals surface area (Å²) in [5.41, 5.74) is 3.35. The Bertz CT molecular complexity index is 1010. The molecule has 2 aromatic rings. The van der Waals surface area contributed by atoms with E-state index in [1.54, 1.807) is 29.2 Å². The number of rotatable bonds is 7. The van der Waals surface area contributed by atoms with Crippen molar-refractivity contribution in [3.8, 4) is 0 Å². The van der Waals surface area contributed by atoms with Gasteiger partial charge in [-0.05, 0) is 56.2 Å². The fourth-order valence-corrected chi connectivity index (χ4v) is 4.22. The van der Waals surface area contributed by atoms with Crippen LogP contribution in [-0.2, 0) is 9.59 Å². The number of amides is 2. The lowest BCUT2D eigenvalue weighted by Crippen LogP contribution is -2.29. The van der Waals surface area contributed by atoms with Gasteiger partial charge in [0.1, 0.15) is 4.32 Å². The average molecular weight is 439 g/mol. The summed E-state index contributed by atoms with van der Waals surface area (Å²) in [7, 11) is 0. The van der Waals surface area contributed by atoms with Crippen LogP contribution in [0.3, 0.4) is 0 Å². The van der Waals surface area contributed by atoms with Crippen molar-refractivity contribution in [2.24, 2.45) is 0 Å². The molecule has 30 heavy (non-hydrogen) atoms. The summed E-state index contributed by atoms with van der Waals surface area (Å²) in [6, 6.07) is 14.7. The van der Waals surface area contributed by atoms with Gasteiger partial charge in [-0.15, -0.1) is 0 Å². The van der Waals surface area contributed by atoms with E-state index < -0.39 is 0 Å². The minimum atomic E-state index is -0.147. The van der Waals surface area contributed by atoms with Gasteiger partial charge in [-0.3, -0.25) is 19.3 Å². The molecule has 0 aliphatic carbocycles. The van der Waals surface area contributed by atoms with Gasteiger partial charge in [0.05, 0.1) is 4.91 Å². The Labute approximate surface area is 185 Å². The van der Waals surface area contributed by atoms with Gasteiger partial charge in [0.2, 0.25) is 5.91 Å². The fraction of sp³-hybridized carbons (Fsp3) is 0.217. The molecule has 1 N–H and O–H groups in total.